The third-order valence-corrected chi connectivity index (χ3v) is 2.34. The lowest BCUT2D eigenvalue weighted by molar-refractivity contribution is -0.139. The smallest absolute Gasteiger partial charge is 0.408 e. The van der Waals surface area contributed by atoms with E-state index in [1.165, 1.54) is 6.08 Å². The number of benzene rings is 1. The molecule has 0 radical (unpaired) electrons. The number of nitrogen functional groups attached to an aromatic ring is 1. The number of nitrogens with two attached hydrogens (primary N) is 1. The largest absolute Gasteiger partial charge is 0.480 e. The van der Waals surface area contributed by atoms with Gasteiger partial charge in [-0.1, -0.05) is 24.8 Å². The zero-order valence-electron chi connectivity index (χ0n) is 10.3. The number of carboxylic acid groups (broad SMARTS) is 1. The molecule has 6 nitrogen and oxygen atoms in total. The summed E-state index contributed by atoms with van der Waals surface area (Å²) < 4.78 is 4.68. The number of alkyl carbamates (subject to hydrolysis) is 1. The normalized spacial score (nSPS) is 11.4. The zero-order valence-corrected chi connectivity index (χ0v) is 10.3. The van der Waals surface area contributed by atoms with E-state index in [1.807, 2.05) is 0 Å². The Labute approximate surface area is 110 Å². The predicted octanol–water partition coefficient (Wildman–Crippen LogP) is 1.18. The standard InChI is InChI=1S/C13H16N2O4/c1-2-7-19-13(18)15-11(12(16)17)8-9-3-5-10(14)6-4-9/h2-6,11H,1,7-8,14H2,(H,15,18)(H,16,17)/t11-/m0/s1. The first-order valence-corrected chi connectivity index (χ1v) is 5.64. The van der Waals surface area contributed by atoms with E-state index >= 15 is 0 Å². The van der Waals surface area contributed by atoms with Gasteiger partial charge in [0.05, 0.1) is 0 Å². The minimum atomic E-state index is -1.13. The highest BCUT2D eigenvalue weighted by atomic mass is 16.5. The molecule has 0 aliphatic heterocycles. The second-order valence-electron chi connectivity index (χ2n) is 3.87. The van der Waals surface area contributed by atoms with E-state index < -0.39 is 18.1 Å². The van der Waals surface area contributed by atoms with E-state index in [4.69, 9.17) is 10.8 Å². The third kappa shape index (κ3) is 5.12. The second-order valence-corrected chi connectivity index (χ2v) is 3.87. The van der Waals surface area contributed by atoms with E-state index in [0.29, 0.717) is 5.69 Å². The van der Waals surface area contributed by atoms with Crippen molar-refractivity contribution in [2.75, 3.05) is 12.3 Å². The molecule has 0 aliphatic carbocycles. The molecule has 1 aromatic rings. The summed E-state index contributed by atoms with van der Waals surface area (Å²) in [6, 6.07) is 5.71. The fourth-order valence-corrected chi connectivity index (χ4v) is 1.41. The second kappa shape index (κ2) is 7.05. The minimum absolute atomic E-state index is 0.0278. The van der Waals surface area contributed by atoms with Crippen LogP contribution in [-0.4, -0.2) is 29.8 Å². The number of carboxylic acids is 1. The molecule has 6 heteroatoms. The number of amides is 1. The van der Waals surface area contributed by atoms with Crippen LogP contribution in [0.5, 0.6) is 0 Å². The topological polar surface area (TPSA) is 102 Å². The van der Waals surface area contributed by atoms with Gasteiger partial charge in [-0.3, -0.25) is 0 Å². The summed E-state index contributed by atoms with van der Waals surface area (Å²) in [5.41, 5.74) is 6.88. The van der Waals surface area contributed by atoms with Crippen molar-refractivity contribution in [1.29, 1.82) is 0 Å². The molecule has 0 aromatic heterocycles. The molecular weight excluding hydrogens is 248 g/mol. The fraction of sp³-hybridized carbons (Fsp3) is 0.231. The van der Waals surface area contributed by atoms with Crippen molar-refractivity contribution < 1.29 is 19.4 Å². The van der Waals surface area contributed by atoms with Gasteiger partial charge >= 0.3 is 12.1 Å². The van der Waals surface area contributed by atoms with Gasteiger partial charge in [-0.2, -0.15) is 0 Å². The first kappa shape index (κ1) is 14.6. The molecule has 4 N–H and O–H groups in total. The van der Waals surface area contributed by atoms with Gasteiger partial charge in [0.15, 0.2) is 0 Å². The van der Waals surface area contributed by atoms with Crippen molar-refractivity contribution in [1.82, 2.24) is 5.32 Å². The molecule has 1 atom stereocenters. The van der Waals surface area contributed by atoms with Crippen molar-refractivity contribution in [2.45, 2.75) is 12.5 Å². The van der Waals surface area contributed by atoms with Crippen molar-refractivity contribution in [3.8, 4) is 0 Å². The zero-order chi connectivity index (χ0) is 14.3. The summed E-state index contributed by atoms with van der Waals surface area (Å²) >= 11 is 0. The van der Waals surface area contributed by atoms with Gasteiger partial charge in [-0.15, -0.1) is 0 Å². The lowest BCUT2D eigenvalue weighted by Gasteiger charge is -2.14. The summed E-state index contributed by atoms with van der Waals surface area (Å²) in [5, 5.41) is 11.3. The Hall–Kier alpha value is -2.50. The number of hydrogen-bond donors (Lipinski definition) is 3. The van der Waals surface area contributed by atoms with Crippen LogP contribution >= 0.6 is 0 Å². The van der Waals surface area contributed by atoms with Crippen molar-refractivity contribution in [2.24, 2.45) is 0 Å². The Morgan fingerprint density at radius 2 is 2.05 bits per heavy atom. The number of aliphatic carboxylic acids is 1. The van der Waals surface area contributed by atoms with E-state index in [2.05, 4.69) is 16.6 Å². The Morgan fingerprint density at radius 1 is 1.42 bits per heavy atom. The molecule has 0 spiro atoms. The van der Waals surface area contributed by atoms with E-state index in [0.717, 1.165) is 5.56 Å². The van der Waals surface area contributed by atoms with Crippen molar-refractivity contribution in [3.05, 3.63) is 42.5 Å². The molecule has 19 heavy (non-hydrogen) atoms. The highest BCUT2D eigenvalue weighted by Crippen LogP contribution is 2.08. The van der Waals surface area contributed by atoms with E-state index in [-0.39, 0.29) is 13.0 Å². The lowest BCUT2D eigenvalue weighted by atomic mass is 10.1. The van der Waals surface area contributed by atoms with Gasteiger partial charge in [0.25, 0.3) is 0 Å². The summed E-state index contributed by atoms with van der Waals surface area (Å²) in [6.45, 7) is 3.42. The number of hydrogen-bond acceptors (Lipinski definition) is 4. The average Bonchev–Trinajstić information content (AvgIpc) is 2.38. The van der Waals surface area contributed by atoms with Gasteiger partial charge in [0, 0.05) is 12.1 Å². The van der Waals surface area contributed by atoms with Crippen LogP contribution in [0.15, 0.2) is 36.9 Å². The molecule has 0 aliphatic rings. The van der Waals surface area contributed by atoms with Crippen LogP contribution in [0, 0.1) is 0 Å². The molecule has 0 unspecified atom stereocenters. The highest BCUT2D eigenvalue weighted by molar-refractivity contribution is 5.80. The van der Waals surface area contributed by atoms with Gasteiger partial charge in [-0.05, 0) is 17.7 Å². The highest BCUT2D eigenvalue weighted by Gasteiger charge is 2.20. The molecule has 0 bridgehead atoms. The van der Waals surface area contributed by atoms with Gasteiger partial charge < -0.3 is 20.9 Å². The van der Waals surface area contributed by atoms with Gasteiger partial charge in [-0.25, -0.2) is 9.59 Å². The fourth-order valence-electron chi connectivity index (χ4n) is 1.41. The van der Waals surface area contributed by atoms with Crippen LogP contribution < -0.4 is 11.1 Å². The van der Waals surface area contributed by atoms with Gasteiger partial charge in [0.1, 0.15) is 12.6 Å². The average molecular weight is 264 g/mol. The van der Waals surface area contributed by atoms with Crippen LogP contribution in [0.3, 0.4) is 0 Å². The van der Waals surface area contributed by atoms with Crippen molar-refractivity contribution in [3.63, 3.8) is 0 Å². The van der Waals surface area contributed by atoms with Crippen LogP contribution in [0.1, 0.15) is 5.56 Å². The Balaban J connectivity index is 2.62. The first-order chi connectivity index (χ1) is 9.02. The van der Waals surface area contributed by atoms with Crippen LogP contribution in [0.25, 0.3) is 0 Å². The molecule has 0 heterocycles. The molecule has 0 fully saturated rings. The number of carbonyl (C=O) groups is 2. The third-order valence-electron chi connectivity index (χ3n) is 2.34. The van der Waals surface area contributed by atoms with Crippen LogP contribution in [0.4, 0.5) is 10.5 Å². The summed E-state index contributed by atoms with van der Waals surface area (Å²) in [6.07, 6.45) is 0.761. The summed E-state index contributed by atoms with van der Waals surface area (Å²) in [4.78, 5) is 22.4. The first-order valence-electron chi connectivity index (χ1n) is 5.64. The number of anilines is 1. The summed E-state index contributed by atoms with van der Waals surface area (Å²) in [7, 11) is 0. The Bertz CT molecular complexity index is 456. The Morgan fingerprint density at radius 3 is 2.58 bits per heavy atom. The Kier molecular flexibility index (Phi) is 5.40. The molecule has 102 valence electrons. The SMILES string of the molecule is C=CCOC(=O)N[C@@H](Cc1ccc(N)cc1)C(=O)O. The van der Waals surface area contributed by atoms with Crippen LogP contribution in [-0.2, 0) is 16.0 Å². The number of ether oxygens (including phenoxy) is 1. The molecule has 1 amide bonds. The number of nitrogens with one attached hydrogen (secondary N) is 1. The maximum Gasteiger partial charge on any atom is 0.408 e. The quantitative estimate of drug-likeness (QED) is 0.529. The van der Waals surface area contributed by atoms with Crippen LogP contribution in [0.2, 0.25) is 0 Å². The molecule has 0 saturated heterocycles. The number of carbonyl (C=O) groups excluding carboxylic acids is 1. The molecule has 1 rings (SSSR count). The molecular formula is C13H16N2O4. The van der Waals surface area contributed by atoms with E-state index in [9.17, 15) is 9.59 Å². The maximum atomic E-state index is 11.3. The maximum absolute atomic E-state index is 11.3. The number of rotatable bonds is 6. The summed E-state index contributed by atoms with van der Waals surface area (Å²) in [5.74, 6) is -1.13. The van der Waals surface area contributed by atoms with E-state index in [1.54, 1.807) is 24.3 Å². The monoisotopic (exact) mass is 264 g/mol. The van der Waals surface area contributed by atoms with Crippen molar-refractivity contribution >= 4 is 17.7 Å². The lowest BCUT2D eigenvalue weighted by Crippen LogP contribution is -2.42. The van der Waals surface area contributed by atoms with Gasteiger partial charge in [0.2, 0.25) is 0 Å². The minimum Gasteiger partial charge on any atom is -0.480 e. The predicted molar refractivity (Wildman–Crippen MR) is 70.7 cm³/mol. The molecule has 1 aromatic carbocycles. The molecule has 0 saturated carbocycles.